The number of rotatable bonds is 4. The van der Waals surface area contributed by atoms with Crippen LogP contribution in [0.2, 0.25) is 5.02 Å². The Balaban J connectivity index is 2.11. The summed E-state index contributed by atoms with van der Waals surface area (Å²) in [4.78, 5) is 2.43. The van der Waals surface area contributed by atoms with Crippen molar-refractivity contribution in [3.05, 3.63) is 34.9 Å². The normalized spacial score (nSPS) is 22.4. The Morgan fingerprint density at radius 3 is 2.45 bits per heavy atom. The molecule has 20 heavy (non-hydrogen) atoms. The van der Waals surface area contributed by atoms with Crippen molar-refractivity contribution >= 4 is 11.6 Å². The van der Waals surface area contributed by atoms with Crippen LogP contribution in [0.1, 0.15) is 38.3 Å². The second kappa shape index (κ2) is 6.90. The summed E-state index contributed by atoms with van der Waals surface area (Å²) in [5.74, 6) is 0.416. The molecule has 112 valence electrons. The van der Waals surface area contributed by atoms with E-state index in [9.17, 15) is 5.11 Å². The van der Waals surface area contributed by atoms with Crippen molar-refractivity contribution in [1.29, 1.82) is 0 Å². The van der Waals surface area contributed by atoms with Crippen LogP contribution in [0.15, 0.2) is 24.3 Å². The highest BCUT2D eigenvalue weighted by molar-refractivity contribution is 6.30. The molecule has 3 unspecified atom stereocenters. The van der Waals surface area contributed by atoms with Gasteiger partial charge in [-0.05, 0) is 63.4 Å². The fourth-order valence-electron chi connectivity index (χ4n) is 3.22. The second-order valence-electron chi connectivity index (χ2n) is 5.97. The molecule has 0 aliphatic carbocycles. The monoisotopic (exact) mass is 296 g/mol. The minimum absolute atomic E-state index is 0.0524. The van der Waals surface area contributed by atoms with Crippen LogP contribution in [0.3, 0.4) is 0 Å². The lowest BCUT2D eigenvalue weighted by molar-refractivity contribution is 0.0511. The maximum Gasteiger partial charge on any atom is 0.0541 e. The summed E-state index contributed by atoms with van der Waals surface area (Å²) in [6, 6.07) is 8.23. The summed E-state index contributed by atoms with van der Waals surface area (Å²) in [7, 11) is 0. The lowest BCUT2D eigenvalue weighted by Crippen LogP contribution is -2.45. The van der Waals surface area contributed by atoms with E-state index < -0.39 is 0 Å². The summed E-state index contributed by atoms with van der Waals surface area (Å²) in [6.07, 6.45) is 1.85. The molecule has 1 heterocycles. The van der Waals surface area contributed by atoms with Gasteiger partial charge < -0.3 is 10.8 Å². The topological polar surface area (TPSA) is 49.5 Å². The standard InChI is InChI=1S/C16H25ClN2O/c1-11(18)16(14-4-3-5-15(17)10-14)19-8-6-13(7-9-19)12(2)20/h3-5,10-13,16,20H,6-9,18H2,1-2H3. The molecule has 0 bridgehead atoms. The minimum Gasteiger partial charge on any atom is -0.393 e. The number of nitrogens with zero attached hydrogens (tertiary/aromatic N) is 1. The smallest absolute Gasteiger partial charge is 0.0541 e. The number of benzene rings is 1. The maximum absolute atomic E-state index is 9.70. The number of hydrogen-bond acceptors (Lipinski definition) is 3. The molecular weight excluding hydrogens is 272 g/mol. The molecule has 1 aromatic carbocycles. The van der Waals surface area contributed by atoms with Gasteiger partial charge in [0.25, 0.3) is 0 Å². The first kappa shape index (κ1) is 15.8. The molecule has 3 N–H and O–H groups in total. The van der Waals surface area contributed by atoms with Crippen molar-refractivity contribution in [3.8, 4) is 0 Å². The van der Waals surface area contributed by atoms with Crippen LogP contribution in [-0.4, -0.2) is 35.2 Å². The largest absolute Gasteiger partial charge is 0.393 e. The van der Waals surface area contributed by atoms with E-state index >= 15 is 0 Å². The molecule has 3 atom stereocenters. The lowest BCUT2D eigenvalue weighted by atomic mass is 9.89. The summed E-state index contributed by atoms with van der Waals surface area (Å²) in [5.41, 5.74) is 7.39. The van der Waals surface area contributed by atoms with Gasteiger partial charge in [-0.3, -0.25) is 4.90 Å². The minimum atomic E-state index is -0.211. The van der Waals surface area contributed by atoms with Gasteiger partial charge in [0.15, 0.2) is 0 Å². The van der Waals surface area contributed by atoms with E-state index in [-0.39, 0.29) is 18.2 Å². The van der Waals surface area contributed by atoms with E-state index in [0.29, 0.717) is 5.92 Å². The molecule has 0 saturated carbocycles. The van der Waals surface area contributed by atoms with Gasteiger partial charge in [-0.25, -0.2) is 0 Å². The predicted molar refractivity (Wildman–Crippen MR) is 83.8 cm³/mol. The molecule has 3 nitrogen and oxygen atoms in total. The first-order chi connectivity index (χ1) is 9.49. The Morgan fingerprint density at radius 1 is 1.30 bits per heavy atom. The Kier molecular flexibility index (Phi) is 5.44. The zero-order valence-corrected chi connectivity index (χ0v) is 13.1. The van der Waals surface area contributed by atoms with Crippen molar-refractivity contribution in [1.82, 2.24) is 4.90 Å². The average molecular weight is 297 g/mol. The number of nitrogens with two attached hydrogens (primary N) is 1. The Labute approximate surface area is 126 Å². The molecule has 0 aromatic heterocycles. The third-order valence-electron chi connectivity index (χ3n) is 4.34. The molecule has 4 heteroatoms. The molecule has 0 radical (unpaired) electrons. The quantitative estimate of drug-likeness (QED) is 0.898. The van der Waals surface area contributed by atoms with E-state index in [4.69, 9.17) is 17.3 Å². The van der Waals surface area contributed by atoms with Crippen molar-refractivity contribution < 1.29 is 5.11 Å². The van der Waals surface area contributed by atoms with E-state index in [2.05, 4.69) is 11.0 Å². The van der Waals surface area contributed by atoms with E-state index in [1.54, 1.807) is 0 Å². The van der Waals surface area contributed by atoms with Crippen LogP contribution in [-0.2, 0) is 0 Å². The highest BCUT2D eigenvalue weighted by Crippen LogP contribution is 2.30. The van der Waals surface area contributed by atoms with Gasteiger partial charge in [-0.1, -0.05) is 23.7 Å². The predicted octanol–water partition coefficient (Wildman–Crippen LogP) is 2.82. The highest BCUT2D eigenvalue weighted by atomic mass is 35.5. The van der Waals surface area contributed by atoms with E-state index in [0.717, 1.165) is 31.0 Å². The van der Waals surface area contributed by atoms with Crippen LogP contribution >= 0.6 is 11.6 Å². The number of aliphatic hydroxyl groups excluding tert-OH is 1. The first-order valence-electron chi connectivity index (χ1n) is 7.42. The number of aliphatic hydroxyl groups is 1. The van der Waals surface area contributed by atoms with Gasteiger partial charge in [0.2, 0.25) is 0 Å². The molecule has 1 aliphatic heterocycles. The summed E-state index contributed by atoms with van der Waals surface area (Å²) in [6.45, 7) is 5.90. The molecular formula is C16H25ClN2O. The SMILES string of the molecule is CC(N)C(c1cccc(Cl)c1)N1CCC(C(C)O)CC1. The van der Waals surface area contributed by atoms with E-state index in [1.165, 1.54) is 5.56 Å². The van der Waals surface area contributed by atoms with Gasteiger partial charge in [0.05, 0.1) is 6.10 Å². The Bertz CT molecular complexity index is 428. The summed E-state index contributed by atoms with van der Waals surface area (Å²) >= 11 is 6.10. The summed E-state index contributed by atoms with van der Waals surface area (Å²) < 4.78 is 0. The lowest BCUT2D eigenvalue weighted by Gasteiger charge is -2.40. The Morgan fingerprint density at radius 2 is 1.95 bits per heavy atom. The van der Waals surface area contributed by atoms with Crippen molar-refractivity contribution in [2.75, 3.05) is 13.1 Å². The van der Waals surface area contributed by atoms with E-state index in [1.807, 2.05) is 32.0 Å². The van der Waals surface area contributed by atoms with Gasteiger partial charge in [0.1, 0.15) is 0 Å². The van der Waals surface area contributed by atoms with Crippen molar-refractivity contribution in [3.63, 3.8) is 0 Å². The second-order valence-corrected chi connectivity index (χ2v) is 6.41. The number of piperidine rings is 1. The molecule has 1 aliphatic rings. The van der Waals surface area contributed by atoms with Crippen LogP contribution in [0.4, 0.5) is 0 Å². The fourth-order valence-corrected chi connectivity index (χ4v) is 3.42. The zero-order chi connectivity index (χ0) is 14.7. The molecule has 2 rings (SSSR count). The fraction of sp³-hybridized carbons (Fsp3) is 0.625. The number of likely N-dealkylation sites (tertiary alicyclic amines) is 1. The third kappa shape index (κ3) is 3.73. The molecule has 1 aromatic rings. The van der Waals surface area contributed by atoms with Gasteiger partial charge >= 0.3 is 0 Å². The summed E-state index contributed by atoms with van der Waals surface area (Å²) in [5, 5.41) is 10.5. The zero-order valence-electron chi connectivity index (χ0n) is 12.3. The van der Waals surface area contributed by atoms with Crippen LogP contribution in [0.5, 0.6) is 0 Å². The van der Waals surface area contributed by atoms with Crippen LogP contribution < -0.4 is 5.73 Å². The van der Waals surface area contributed by atoms with Crippen LogP contribution in [0.25, 0.3) is 0 Å². The van der Waals surface area contributed by atoms with Crippen LogP contribution in [0, 0.1) is 5.92 Å². The van der Waals surface area contributed by atoms with Gasteiger partial charge in [0, 0.05) is 17.1 Å². The van der Waals surface area contributed by atoms with Crippen molar-refractivity contribution in [2.24, 2.45) is 11.7 Å². The third-order valence-corrected chi connectivity index (χ3v) is 4.57. The number of hydrogen-bond donors (Lipinski definition) is 2. The molecule has 0 spiro atoms. The van der Waals surface area contributed by atoms with Crippen molar-refractivity contribution in [2.45, 2.75) is 44.9 Å². The molecule has 0 amide bonds. The van der Waals surface area contributed by atoms with Gasteiger partial charge in [-0.2, -0.15) is 0 Å². The molecule has 1 fully saturated rings. The number of halogens is 1. The average Bonchev–Trinajstić information content (AvgIpc) is 2.39. The first-order valence-corrected chi connectivity index (χ1v) is 7.80. The highest BCUT2D eigenvalue weighted by Gasteiger charge is 2.29. The molecule has 1 saturated heterocycles. The maximum atomic E-state index is 9.70. The Hall–Kier alpha value is -0.610. The van der Waals surface area contributed by atoms with Gasteiger partial charge in [-0.15, -0.1) is 0 Å².